The molecule has 1 atom stereocenters. The summed E-state index contributed by atoms with van der Waals surface area (Å²) in [5, 5.41) is 6.78. The number of nitrogens with one attached hydrogen (secondary N) is 2. The molecule has 2 aromatic rings. The van der Waals surface area contributed by atoms with Crippen molar-refractivity contribution in [3.63, 3.8) is 0 Å². The lowest BCUT2D eigenvalue weighted by molar-refractivity contribution is 0.0827. The maximum Gasteiger partial charge on any atom is 0.253 e. The fourth-order valence-electron chi connectivity index (χ4n) is 3.14. The van der Waals surface area contributed by atoms with Gasteiger partial charge in [0.2, 0.25) is 0 Å². The molecule has 0 aliphatic rings. The summed E-state index contributed by atoms with van der Waals surface area (Å²) in [6.45, 7) is 10.6. The average molecular weight is 439 g/mol. The summed E-state index contributed by atoms with van der Waals surface area (Å²) in [5.41, 5.74) is 2.97. The van der Waals surface area contributed by atoms with Crippen LogP contribution in [0.2, 0.25) is 0 Å². The van der Waals surface area contributed by atoms with Crippen LogP contribution in [0.5, 0.6) is 5.75 Å². The third-order valence-electron chi connectivity index (χ3n) is 4.91. The Labute approximate surface area is 193 Å². The first-order chi connectivity index (χ1) is 15.3. The highest BCUT2D eigenvalue weighted by Gasteiger charge is 2.10. The van der Waals surface area contributed by atoms with E-state index < -0.39 is 0 Å². The topological polar surface area (TPSA) is 66.0 Å². The number of carbonyl (C=O) groups excluding carboxylic acids is 1. The second-order valence-corrected chi connectivity index (χ2v) is 8.55. The van der Waals surface area contributed by atoms with Gasteiger partial charge < -0.3 is 20.3 Å². The minimum absolute atomic E-state index is 0.0137. The molecular formula is C26H38N4O2. The molecule has 2 aromatic carbocycles. The number of hydrogen-bond acceptors (Lipinski definition) is 3. The van der Waals surface area contributed by atoms with Crippen molar-refractivity contribution in [3.05, 3.63) is 65.2 Å². The lowest BCUT2D eigenvalue weighted by Gasteiger charge is -2.19. The Morgan fingerprint density at radius 3 is 2.44 bits per heavy atom. The van der Waals surface area contributed by atoms with Crippen molar-refractivity contribution in [1.82, 2.24) is 15.5 Å². The van der Waals surface area contributed by atoms with Crippen molar-refractivity contribution >= 4 is 11.9 Å². The van der Waals surface area contributed by atoms with E-state index in [0.717, 1.165) is 36.8 Å². The van der Waals surface area contributed by atoms with Crippen molar-refractivity contribution in [2.75, 3.05) is 33.8 Å². The molecule has 0 saturated carbocycles. The monoisotopic (exact) mass is 438 g/mol. The van der Waals surface area contributed by atoms with Crippen molar-refractivity contribution in [2.24, 2.45) is 10.9 Å². The number of benzene rings is 2. The summed E-state index contributed by atoms with van der Waals surface area (Å²) >= 11 is 0. The first kappa shape index (κ1) is 25.2. The maximum absolute atomic E-state index is 12.2. The van der Waals surface area contributed by atoms with Gasteiger partial charge in [-0.15, -0.1) is 0 Å². The molecule has 0 aliphatic heterocycles. The summed E-state index contributed by atoms with van der Waals surface area (Å²) in [6.07, 6.45) is 0.765. The van der Waals surface area contributed by atoms with Crippen LogP contribution in [0.3, 0.4) is 0 Å². The molecule has 0 radical (unpaired) electrons. The van der Waals surface area contributed by atoms with E-state index >= 15 is 0 Å². The van der Waals surface area contributed by atoms with Gasteiger partial charge >= 0.3 is 0 Å². The SMILES string of the molecule is CCNC(=NCCc1cccc(C(=O)N(C)C)c1)NC(C)c1ccc(OCC(C)C)cc1. The van der Waals surface area contributed by atoms with E-state index in [0.29, 0.717) is 18.0 Å². The molecule has 0 bridgehead atoms. The van der Waals surface area contributed by atoms with Crippen LogP contribution in [-0.2, 0) is 6.42 Å². The molecule has 0 saturated heterocycles. The van der Waals surface area contributed by atoms with E-state index in [9.17, 15) is 4.79 Å². The molecule has 174 valence electrons. The minimum Gasteiger partial charge on any atom is -0.493 e. The van der Waals surface area contributed by atoms with E-state index in [4.69, 9.17) is 9.73 Å². The predicted molar refractivity (Wildman–Crippen MR) is 132 cm³/mol. The summed E-state index contributed by atoms with van der Waals surface area (Å²) < 4.78 is 5.77. The van der Waals surface area contributed by atoms with E-state index in [1.165, 1.54) is 5.56 Å². The molecule has 0 aliphatic carbocycles. The zero-order chi connectivity index (χ0) is 23.5. The van der Waals surface area contributed by atoms with E-state index in [1.807, 2.05) is 36.4 Å². The molecule has 6 heteroatoms. The molecule has 2 rings (SSSR count). The van der Waals surface area contributed by atoms with Gasteiger partial charge in [-0.05, 0) is 61.6 Å². The highest BCUT2D eigenvalue weighted by atomic mass is 16.5. The zero-order valence-corrected chi connectivity index (χ0v) is 20.3. The van der Waals surface area contributed by atoms with E-state index in [2.05, 4.69) is 50.5 Å². The molecule has 32 heavy (non-hydrogen) atoms. The second kappa shape index (κ2) is 12.7. The van der Waals surface area contributed by atoms with Gasteiger partial charge in [-0.3, -0.25) is 9.79 Å². The fraction of sp³-hybridized carbons (Fsp3) is 0.462. The molecule has 0 fully saturated rings. The first-order valence-electron chi connectivity index (χ1n) is 11.4. The van der Waals surface area contributed by atoms with Gasteiger partial charge in [0, 0.05) is 32.7 Å². The third kappa shape index (κ3) is 8.25. The predicted octanol–water partition coefficient (Wildman–Crippen LogP) is 4.28. The molecule has 1 unspecified atom stereocenters. The Morgan fingerprint density at radius 2 is 1.81 bits per heavy atom. The molecule has 2 N–H and O–H groups in total. The number of aliphatic imine (C=N–C) groups is 1. The smallest absolute Gasteiger partial charge is 0.253 e. The summed E-state index contributed by atoms with van der Waals surface area (Å²) in [6, 6.07) is 16.1. The quantitative estimate of drug-likeness (QED) is 0.429. The van der Waals surface area contributed by atoms with Gasteiger partial charge in [0.05, 0.1) is 12.6 Å². The van der Waals surface area contributed by atoms with Crippen LogP contribution in [0.1, 0.15) is 55.2 Å². The van der Waals surface area contributed by atoms with Crippen molar-refractivity contribution < 1.29 is 9.53 Å². The third-order valence-corrected chi connectivity index (χ3v) is 4.91. The standard InChI is InChI=1S/C26H38N4O2/c1-7-27-26(28-16-15-21-9-8-10-23(17-21)25(31)30(5)6)29-20(4)22-11-13-24(14-12-22)32-18-19(2)3/h8-14,17,19-20H,7,15-16,18H2,1-6H3,(H2,27,28,29). The van der Waals surface area contributed by atoms with Crippen molar-refractivity contribution in [1.29, 1.82) is 0 Å². The van der Waals surface area contributed by atoms with Crippen molar-refractivity contribution in [2.45, 2.75) is 40.2 Å². The summed E-state index contributed by atoms with van der Waals surface area (Å²) in [5.74, 6) is 2.19. The van der Waals surface area contributed by atoms with Gasteiger partial charge in [0.1, 0.15) is 5.75 Å². The summed E-state index contributed by atoms with van der Waals surface area (Å²) in [7, 11) is 3.53. The van der Waals surface area contributed by atoms with Gasteiger partial charge in [0.15, 0.2) is 5.96 Å². The minimum atomic E-state index is 0.0137. The molecule has 0 aromatic heterocycles. The second-order valence-electron chi connectivity index (χ2n) is 8.55. The molecular weight excluding hydrogens is 400 g/mol. The number of carbonyl (C=O) groups is 1. The maximum atomic E-state index is 12.2. The lowest BCUT2D eigenvalue weighted by Crippen LogP contribution is -2.38. The number of rotatable bonds is 10. The van der Waals surface area contributed by atoms with Crippen LogP contribution >= 0.6 is 0 Å². The molecule has 6 nitrogen and oxygen atoms in total. The molecule has 0 spiro atoms. The molecule has 1 amide bonds. The number of nitrogens with zero attached hydrogens (tertiary/aromatic N) is 2. The number of ether oxygens (including phenoxy) is 1. The van der Waals surface area contributed by atoms with E-state index in [1.54, 1.807) is 19.0 Å². The average Bonchev–Trinajstić information content (AvgIpc) is 2.77. The number of hydrogen-bond donors (Lipinski definition) is 2. The van der Waals surface area contributed by atoms with Crippen LogP contribution in [0.4, 0.5) is 0 Å². The number of guanidine groups is 1. The normalized spacial score (nSPS) is 12.4. The van der Waals surface area contributed by atoms with Crippen LogP contribution in [0.25, 0.3) is 0 Å². The van der Waals surface area contributed by atoms with Crippen LogP contribution in [-0.4, -0.2) is 50.6 Å². The summed E-state index contributed by atoms with van der Waals surface area (Å²) in [4.78, 5) is 18.5. The van der Waals surface area contributed by atoms with Gasteiger partial charge in [-0.2, -0.15) is 0 Å². The molecule has 0 heterocycles. The van der Waals surface area contributed by atoms with E-state index in [-0.39, 0.29) is 11.9 Å². The van der Waals surface area contributed by atoms with Crippen molar-refractivity contribution in [3.8, 4) is 5.75 Å². The Morgan fingerprint density at radius 1 is 1.09 bits per heavy atom. The Balaban J connectivity index is 1.96. The van der Waals surface area contributed by atoms with Gasteiger partial charge in [0.25, 0.3) is 5.91 Å². The van der Waals surface area contributed by atoms with Crippen LogP contribution in [0.15, 0.2) is 53.5 Å². The fourth-order valence-corrected chi connectivity index (χ4v) is 3.14. The Kier molecular flexibility index (Phi) is 10.1. The Bertz CT molecular complexity index is 876. The highest BCUT2D eigenvalue weighted by Crippen LogP contribution is 2.18. The van der Waals surface area contributed by atoms with Crippen LogP contribution < -0.4 is 15.4 Å². The largest absolute Gasteiger partial charge is 0.493 e. The Hall–Kier alpha value is -3.02. The van der Waals surface area contributed by atoms with Gasteiger partial charge in [-0.25, -0.2) is 0 Å². The lowest BCUT2D eigenvalue weighted by atomic mass is 10.1. The highest BCUT2D eigenvalue weighted by molar-refractivity contribution is 5.94. The zero-order valence-electron chi connectivity index (χ0n) is 20.3. The first-order valence-corrected chi connectivity index (χ1v) is 11.4. The number of amides is 1. The van der Waals surface area contributed by atoms with Gasteiger partial charge in [-0.1, -0.05) is 38.1 Å². The van der Waals surface area contributed by atoms with Crippen LogP contribution in [0, 0.1) is 5.92 Å².